The van der Waals surface area contributed by atoms with Gasteiger partial charge in [-0.1, -0.05) is 6.92 Å². The molecule has 1 aromatic heterocycles. The van der Waals surface area contributed by atoms with Crippen LogP contribution in [0.1, 0.15) is 30.6 Å². The van der Waals surface area contributed by atoms with Crippen LogP contribution in [0.3, 0.4) is 0 Å². The zero-order chi connectivity index (χ0) is 10.1. The topological polar surface area (TPSA) is 49.0 Å². The van der Waals surface area contributed by atoms with Crippen molar-refractivity contribution in [1.29, 1.82) is 0 Å². The van der Waals surface area contributed by atoms with Crippen molar-refractivity contribution < 1.29 is 4.79 Å². The average Bonchev–Trinajstić information content (AvgIpc) is 2.55. The van der Waals surface area contributed by atoms with Gasteiger partial charge in [-0.2, -0.15) is 0 Å². The fourth-order valence-electron chi connectivity index (χ4n) is 1.87. The molecule has 0 spiro atoms. The van der Waals surface area contributed by atoms with Gasteiger partial charge in [-0.15, -0.1) is 0 Å². The normalized spacial score (nSPS) is 15.4. The summed E-state index contributed by atoms with van der Waals surface area (Å²) in [6.07, 6.45) is 1.47. The number of hydrogen-bond acceptors (Lipinski definition) is 2. The number of aromatic amines is 1. The maximum Gasteiger partial charge on any atom is 0.222 e. The van der Waals surface area contributed by atoms with Crippen LogP contribution in [-0.2, 0) is 17.8 Å². The Balaban J connectivity index is 2.16. The number of aryl methyl sites for hydroxylation is 1. The van der Waals surface area contributed by atoms with E-state index in [0.717, 1.165) is 30.2 Å². The Kier molecular flexibility index (Phi) is 2.27. The highest BCUT2D eigenvalue weighted by Gasteiger charge is 2.21. The second kappa shape index (κ2) is 3.44. The maximum absolute atomic E-state index is 11.5. The Morgan fingerprint density at radius 2 is 2.43 bits per heavy atom. The highest BCUT2D eigenvalue weighted by atomic mass is 16.2. The first-order valence-corrected chi connectivity index (χ1v) is 5.03. The molecule has 76 valence electrons. The molecule has 1 aliphatic rings. The zero-order valence-electron chi connectivity index (χ0n) is 8.63. The Morgan fingerprint density at radius 1 is 1.64 bits per heavy atom. The van der Waals surface area contributed by atoms with Crippen molar-refractivity contribution in [3.63, 3.8) is 0 Å². The van der Waals surface area contributed by atoms with Gasteiger partial charge in [0.05, 0.1) is 17.9 Å². The highest BCUT2D eigenvalue weighted by molar-refractivity contribution is 5.76. The molecule has 0 radical (unpaired) electrons. The van der Waals surface area contributed by atoms with Gasteiger partial charge < -0.3 is 9.88 Å². The molecular formula is C10H15N3O. The van der Waals surface area contributed by atoms with E-state index in [1.165, 1.54) is 0 Å². The third kappa shape index (κ3) is 1.52. The molecule has 0 fully saturated rings. The van der Waals surface area contributed by atoms with Gasteiger partial charge in [-0.25, -0.2) is 4.98 Å². The Labute approximate surface area is 83.3 Å². The van der Waals surface area contributed by atoms with Crippen molar-refractivity contribution in [3.8, 4) is 0 Å². The van der Waals surface area contributed by atoms with Crippen LogP contribution in [-0.4, -0.2) is 27.3 Å². The van der Waals surface area contributed by atoms with Gasteiger partial charge in [0.1, 0.15) is 5.82 Å². The van der Waals surface area contributed by atoms with Crippen LogP contribution in [0.15, 0.2) is 0 Å². The first-order chi connectivity index (χ1) is 6.70. The van der Waals surface area contributed by atoms with Crippen molar-refractivity contribution in [2.75, 3.05) is 6.54 Å². The standard InChI is InChI=1S/C10H15N3O/c1-3-10(14)13-5-4-8-9(6-13)12-7(2)11-8/h3-6H2,1-2H3,(H,11,12). The van der Waals surface area contributed by atoms with Gasteiger partial charge in [0.2, 0.25) is 5.91 Å². The lowest BCUT2D eigenvalue weighted by Crippen LogP contribution is -2.35. The number of nitrogens with one attached hydrogen (secondary N) is 1. The monoisotopic (exact) mass is 193 g/mol. The zero-order valence-corrected chi connectivity index (χ0v) is 8.63. The molecule has 2 heterocycles. The molecule has 0 atom stereocenters. The maximum atomic E-state index is 11.5. The van der Waals surface area contributed by atoms with E-state index in [1.807, 2.05) is 18.7 Å². The first kappa shape index (κ1) is 9.24. The largest absolute Gasteiger partial charge is 0.344 e. The Hall–Kier alpha value is -1.32. The summed E-state index contributed by atoms with van der Waals surface area (Å²) in [6, 6.07) is 0. The second-order valence-electron chi connectivity index (χ2n) is 3.67. The number of carbonyl (C=O) groups is 1. The number of hydrogen-bond donors (Lipinski definition) is 1. The van der Waals surface area contributed by atoms with Crippen molar-refractivity contribution in [3.05, 3.63) is 17.2 Å². The van der Waals surface area contributed by atoms with Crippen LogP contribution in [0, 0.1) is 6.92 Å². The predicted octanol–water partition coefficient (Wildman–Crippen LogP) is 1.01. The number of nitrogens with zero attached hydrogens (tertiary/aromatic N) is 2. The molecule has 14 heavy (non-hydrogen) atoms. The lowest BCUT2D eigenvalue weighted by Gasteiger charge is -2.25. The van der Waals surface area contributed by atoms with E-state index >= 15 is 0 Å². The summed E-state index contributed by atoms with van der Waals surface area (Å²) in [6.45, 7) is 5.35. The molecule has 4 heteroatoms. The molecule has 0 bridgehead atoms. The van der Waals surface area contributed by atoms with Gasteiger partial charge in [0.25, 0.3) is 0 Å². The fraction of sp³-hybridized carbons (Fsp3) is 0.600. The van der Waals surface area contributed by atoms with Crippen LogP contribution in [0.25, 0.3) is 0 Å². The van der Waals surface area contributed by atoms with E-state index in [1.54, 1.807) is 0 Å². The van der Waals surface area contributed by atoms with Crippen LogP contribution < -0.4 is 0 Å². The number of aromatic nitrogens is 2. The van der Waals surface area contributed by atoms with E-state index in [0.29, 0.717) is 13.0 Å². The molecule has 0 aromatic carbocycles. The summed E-state index contributed by atoms with van der Waals surface area (Å²) in [5.41, 5.74) is 2.23. The molecule has 0 saturated heterocycles. The molecule has 0 aliphatic carbocycles. The van der Waals surface area contributed by atoms with E-state index in [-0.39, 0.29) is 5.91 Å². The minimum absolute atomic E-state index is 0.225. The van der Waals surface area contributed by atoms with Gasteiger partial charge in [-0.3, -0.25) is 4.79 Å². The summed E-state index contributed by atoms with van der Waals surface area (Å²) in [5, 5.41) is 0. The highest BCUT2D eigenvalue weighted by Crippen LogP contribution is 2.16. The lowest BCUT2D eigenvalue weighted by atomic mass is 10.1. The van der Waals surface area contributed by atoms with E-state index < -0.39 is 0 Å². The van der Waals surface area contributed by atoms with Crippen molar-refractivity contribution in [2.45, 2.75) is 33.2 Å². The number of H-pyrrole nitrogens is 1. The van der Waals surface area contributed by atoms with E-state index in [4.69, 9.17) is 0 Å². The fourth-order valence-corrected chi connectivity index (χ4v) is 1.87. The van der Waals surface area contributed by atoms with Crippen LogP contribution in [0.5, 0.6) is 0 Å². The molecular weight excluding hydrogens is 178 g/mol. The van der Waals surface area contributed by atoms with Gasteiger partial charge in [0.15, 0.2) is 0 Å². The predicted molar refractivity (Wildman–Crippen MR) is 52.7 cm³/mol. The third-order valence-corrected chi connectivity index (χ3v) is 2.61. The summed E-state index contributed by atoms with van der Waals surface area (Å²) in [5.74, 6) is 1.17. The van der Waals surface area contributed by atoms with Crippen LogP contribution >= 0.6 is 0 Å². The first-order valence-electron chi connectivity index (χ1n) is 5.03. The van der Waals surface area contributed by atoms with Gasteiger partial charge >= 0.3 is 0 Å². The number of fused-ring (bicyclic) bond motifs is 1. The van der Waals surface area contributed by atoms with Crippen molar-refractivity contribution in [2.24, 2.45) is 0 Å². The molecule has 0 unspecified atom stereocenters. The number of rotatable bonds is 1. The van der Waals surface area contributed by atoms with Gasteiger partial charge in [0, 0.05) is 19.4 Å². The van der Waals surface area contributed by atoms with E-state index in [2.05, 4.69) is 9.97 Å². The molecule has 1 N–H and O–H groups in total. The average molecular weight is 193 g/mol. The summed E-state index contributed by atoms with van der Waals surface area (Å²) >= 11 is 0. The van der Waals surface area contributed by atoms with E-state index in [9.17, 15) is 4.79 Å². The molecule has 2 rings (SSSR count). The smallest absolute Gasteiger partial charge is 0.222 e. The Bertz CT molecular complexity index is 356. The summed E-state index contributed by atoms with van der Waals surface area (Å²) < 4.78 is 0. The molecule has 0 saturated carbocycles. The van der Waals surface area contributed by atoms with Gasteiger partial charge in [-0.05, 0) is 6.92 Å². The van der Waals surface area contributed by atoms with Crippen molar-refractivity contribution >= 4 is 5.91 Å². The molecule has 4 nitrogen and oxygen atoms in total. The quantitative estimate of drug-likeness (QED) is 0.723. The number of carbonyl (C=O) groups excluding carboxylic acids is 1. The number of imidazole rings is 1. The lowest BCUT2D eigenvalue weighted by molar-refractivity contribution is -0.131. The van der Waals surface area contributed by atoms with Crippen LogP contribution in [0.2, 0.25) is 0 Å². The molecule has 1 aliphatic heterocycles. The van der Waals surface area contributed by atoms with Crippen LogP contribution in [0.4, 0.5) is 0 Å². The van der Waals surface area contributed by atoms with Crippen molar-refractivity contribution in [1.82, 2.24) is 14.9 Å². The SMILES string of the molecule is CCC(=O)N1CCc2nc(C)[nH]c2C1. The third-order valence-electron chi connectivity index (χ3n) is 2.61. The minimum atomic E-state index is 0.225. The minimum Gasteiger partial charge on any atom is -0.344 e. The molecule has 1 aromatic rings. The molecule has 1 amide bonds. The Morgan fingerprint density at radius 3 is 3.14 bits per heavy atom. The second-order valence-corrected chi connectivity index (χ2v) is 3.67. The number of amides is 1. The summed E-state index contributed by atoms with van der Waals surface area (Å²) in [7, 11) is 0. The summed E-state index contributed by atoms with van der Waals surface area (Å²) in [4.78, 5) is 20.9.